The molecule has 3 heterocycles. The van der Waals surface area contributed by atoms with Crippen molar-refractivity contribution in [3.8, 4) is 6.01 Å². The Hall–Kier alpha value is -2.71. The average molecular weight is 425 g/mol. The van der Waals surface area contributed by atoms with Crippen LogP contribution >= 0.6 is 0 Å². The van der Waals surface area contributed by atoms with Crippen molar-refractivity contribution in [1.29, 1.82) is 0 Å². The molecule has 2 N–H and O–H groups in total. The highest BCUT2D eigenvalue weighted by atomic mass is 16.5. The number of benzene rings is 1. The van der Waals surface area contributed by atoms with Crippen molar-refractivity contribution in [2.75, 3.05) is 32.5 Å². The molecular weight excluding hydrogens is 392 g/mol. The lowest BCUT2D eigenvalue weighted by molar-refractivity contribution is 0.0485. The maximum atomic E-state index is 6.14. The number of hydrogen-bond donors (Lipinski definition) is 1. The number of nitrogens with two attached hydrogens (primary N) is 1. The predicted molar refractivity (Wildman–Crippen MR) is 121 cm³/mol. The standard InChI is InChI=1S/C23H32N6O2/c1-3-6-19(30-2)16-31-23-26-21(24)20-13-25-29(22(20)27-23)15-18-9-7-17(8-10-18)14-28-11-4-5-12-28/h7-10,13,19H,3-6,11-12,14-16H2,1-2H3,(H2,24,26,27). The molecule has 1 saturated heterocycles. The quantitative estimate of drug-likeness (QED) is 0.534. The van der Waals surface area contributed by atoms with Crippen LogP contribution in [0.2, 0.25) is 0 Å². The third kappa shape index (κ3) is 5.32. The Labute approximate surface area is 183 Å². The first-order chi connectivity index (χ1) is 15.2. The fraction of sp³-hybridized carbons (Fsp3) is 0.522. The van der Waals surface area contributed by atoms with Crippen LogP contribution in [-0.4, -0.2) is 57.6 Å². The van der Waals surface area contributed by atoms with Gasteiger partial charge in [0.05, 0.1) is 24.2 Å². The number of anilines is 1. The summed E-state index contributed by atoms with van der Waals surface area (Å²) in [6.45, 7) is 6.55. The lowest BCUT2D eigenvalue weighted by atomic mass is 10.1. The van der Waals surface area contributed by atoms with Crippen LogP contribution < -0.4 is 10.5 Å². The lowest BCUT2D eigenvalue weighted by Crippen LogP contribution is -2.21. The van der Waals surface area contributed by atoms with E-state index < -0.39 is 0 Å². The fourth-order valence-corrected chi connectivity index (χ4v) is 4.02. The number of nitrogens with zero attached hydrogens (tertiary/aromatic N) is 5. The van der Waals surface area contributed by atoms with Crippen molar-refractivity contribution in [2.45, 2.75) is 51.8 Å². The van der Waals surface area contributed by atoms with Gasteiger partial charge in [0.25, 0.3) is 0 Å². The van der Waals surface area contributed by atoms with Crippen LogP contribution in [-0.2, 0) is 17.8 Å². The van der Waals surface area contributed by atoms with Crippen molar-refractivity contribution in [3.63, 3.8) is 0 Å². The van der Waals surface area contributed by atoms with Gasteiger partial charge in [0.15, 0.2) is 5.65 Å². The van der Waals surface area contributed by atoms with Crippen LogP contribution in [0, 0.1) is 0 Å². The molecule has 8 heteroatoms. The Morgan fingerprint density at radius 2 is 1.77 bits per heavy atom. The minimum Gasteiger partial charge on any atom is -0.461 e. The topological polar surface area (TPSA) is 91.3 Å². The van der Waals surface area contributed by atoms with Crippen LogP contribution in [0.5, 0.6) is 6.01 Å². The van der Waals surface area contributed by atoms with Gasteiger partial charge in [-0.3, -0.25) is 4.90 Å². The van der Waals surface area contributed by atoms with Gasteiger partial charge in [-0.25, -0.2) is 4.68 Å². The number of nitrogen functional groups attached to an aromatic ring is 1. The molecule has 1 fully saturated rings. The molecule has 0 aliphatic carbocycles. The van der Waals surface area contributed by atoms with E-state index in [9.17, 15) is 0 Å². The number of methoxy groups -OCH3 is 1. The number of fused-ring (bicyclic) bond motifs is 1. The van der Waals surface area contributed by atoms with Gasteiger partial charge in [0.2, 0.25) is 0 Å². The number of aromatic nitrogens is 4. The summed E-state index contributed by atoms with van der Waals surface area (Å²) in [7, 11) is 1.69. The Kier molecular flexibility index (Phi) is 6.99. The van der Waals surface area contributed by atoms with E-state index in [1.165, 1.54) is 31.5 Å². The second kappa shape index (κ2) is 10.1. The first-order valence-corrected chi connectivity index (χ1v) is 11.1. The van der Waals surface area contributed by atoms with Crippen molar-refractivity contribution in [3.05, 3.63) is 41.6 Å². The summed E-state index contributed by atoms with van der Waals surface area (Å²) in [6.07, 6.45) is 6.28. The molecule has 1 aliphatic heterocycles. The fourth-order valence-electron chi connectivity index (χ4n) is 4.02. The number of hydrogen-bond acceptors (Lipinski definition) is 7. The zero-order valence-corrected chi connectivity index (χ0v) is 18.5. The van der Waals surface area contributed by atoms with Crippen molar-refractivity contribution in [1.82, 2.24) is 24.6 Å². The molecular formula is C23H32N6O2. The lowest BCUT2D eigenvalue weighted by Gasteiger charge is -2.15. The summed E-state index contributed by atoms with van der Waals surface area (Å²) >= 11 is 0. The maximum Gasteiger partial charge on any atom is 0.320 e. The molecule has 2 aromatic heterocycles. The predicted octanol–water partition coefficient (Wildman–Crippen LogP) is 3.25. The van der Waals surface area contributed by atoms with Crippen molar-refractivity contribution < 1.29 is 9.47 Å². The number of rotatable bonds is 10. The highest BCUT2D eigenvalue weighted by Crippen LogP contribution is 2.22. The van der Waals surface area contributed by atoms with Gasteiger partial charge in [-0.1, -0.05) is 37.6 Å². The minimum absolute atomic E-state index is 0.00880. The molecule has 4 rings (SSSR count). The summed E-state index contributed by atoms with van der Waals surface area (Å²) in [6, 6.07) is 8.99. The highest BCUT2D eigenvalue weighted by Gasteiger charge is 2.15. The minimum atomic E-state index is 0.00880. The maximum absolute atomic E-state index is 6.14. The molecule has 1 aliphatic rings. The van der Waals surface area contributed by atoms with E-state index >= 15 is 0 Å². The molecule has 3 aromatic rings. The van der Waals surface area contributed by atoms with Gasteiger partial charge in [0.1, 0.15) is 12.4 Å². The zero-order valence-electron chi connectivity index (χ0n) is 18.5. The van der Waals surface area contributed by atoms with Crippen LogP contribution in [0.3, 0.4) is 0 Å². The third-order valence-electron chi connectivity index (χ3n) is 5.81. The van der Waals surface area contributed by atoms with Crippen LogP contribution in [0.4, 0.5) is 5.82 Å². The van der Waals surface area contributed by atoms with E-state index in [0.29, 0.717) is 24.6 Å². The molecule has 1 aromatic carbocycles. The molecule has 1 atom stereocenters. The summed E-state index contributed by atoms with van der Waals surface area (Å²) < 4.78 is 13.1. The Balaban J connectivity index is 1.46. The van der Waals surface area contributed by atoms with Crippen LogP contribution in [0.25, 0.3) is 11.0 Å². The van der Waals surface area contributed by atoms with E-state index in [0.717, 1.165) is 30.3 Å². The zero-order chi connectivity index (χ0) is 21.6. The average Bonchev–Trinajstić information content (AvgIpc) is 3.43. The molecule has 0 bridgehead atoms. The van der Waals surface area contributed by atoms with Crippen LogP contribution in [0.15, 0.2) is 30.5 Å². The number of ether oxygens (including phenoxy) is 2. The van der Waals surface area contributed by atoms with Crippen molar-refractivity contribution >= 4 is 16.9 Å². The van der Waals surface area contributed by atoms with E-state index in [4.69, 9.17) is 15.2 Å². The SMILES string of the molecule is CCCC(COc1nc(N)c2cnn(Cc3ccc(CN4CCCC4)cc3)c2n1)OC. The number of likely N-dealkylation sites (tertiary alicyclic amines) is 1. The summed E-state index contributed by atoms with van der Waals surface area (Å²) in [5.41, 5.74) is 9.32. The summed E-state index contributed by atoms with van der Waals surface area (Å²) in [4.78, 5) is 11.4. The van der Waals surface area contributed by atoms with Gasteiger partial charge in [-0.05, 0) is 43.5 Å². The Bertz CT molecular complexity index is 982. The third-order valence-corrected chi connectivity index (χ3v) is 5.81. The van der Waals surface area contributed by atoms with Gasteiger partial charge in [0, 0.05) is 13.7 Å². The molecule has 0 saturated carbocycles. The molecule has 166 valence electrons. The van der Waals surface area contributed by atoms with E-state index in [2.05, 4.69) is 51.2 Å². The Morgan fingerprint density at radius 3 is 2.45 bits per heavy atom. The largest absolute Gasteiger partial charge is 0.461 e. The Morgan fingerprint density at radius 1 is 1.06 bits per heavy atom. The van der Waals surface area contributed by atoms with Gasteiger partial charge < -0.3 is 15.2 Å². The summed E-state index contributed by atoms with van der Waals surface area (Å²) in [5.74, 6) is 0.372. The normalized spacial score (nSPS) is 15.5. The molecule has 0 spiro atoms. The first kappa shape index (κ1) is 21.5. The van der Waals surface area contributed by atoms with E-state index in [1.54, 1.807) is 13.3 Å². The second-order valence-corrected chi connectivity index (χ2v) is 8.19. The summed E-state index contributed by atoms with van der Waals surface area (Å²) in [5, 5.41) is 5.22. The molecule has 8 nitrogen and oxygen atoms in total. The highest BCUT2D eigenvalue weighted by molar-refractivity contribution is 5.85. The van der Waals surface area contributed by atoms with Gasteiger partial charge >= 0.3 is 6.01 Å². The first-order valence-electron chi connectivity index (χ1n) is 11.1. The van der Waals surface area contributed by atoms with Gasteiger partial charge in [-0.15, -0.1) is 0 Å². The van der Waals surface area contributed by atoms with Crippen LogP contribution in [0.1, 0.15) is 43.7 Å². The smallest absolute Gasteiger partial charge is 0.320 e. The molecule has 1 unspecified atom stereocenters. The molecule has 31 heavy (non-hydrogen) atoms. The van der Waals surface area contributed by atoms with Crippen molar-refractivity contribution in [2.24, 2.45) is 0 Å². The van der Waals surface area contributed by atoms with E-state index in [1.807, 2.05) is 4.68 Å². The monoisotopic (exact) mass is 424 g/mol. The van der Waals surface area contributed by atoms with Gasteiger partial charge in [-0.2, -0.15) is 15.1 Å². The van der Waals surface area contributed by atoms with E-state index in [-0.39, 0.29) is 12.1 Å². The molecule has 0 radical (unpaired) electrons. The molecule has 0 amide bonds. The second-order valence-electron chi connectivity index (χ2n) is 8.19.